The van der Waals surface area contributed by atoms with Gasteiger partial charge in [-0.3, -0.25) is 9.69 Å². The molecule has 2 aliphatic heterocycles. The molecular formula is C22H30N4O3S. The molecule has 0 bridgehead atoms. The number of fused-ring (bicyclic) bond motifs is 1. The van der Waals surface area contributed by atoms with Crippen LogP contribution in [0.15, 0.2) is 29.6 Å². The number of thiazole rings is 1. The first-order valence-corrected chi connectivity index (χ1v) is 11.0. The zero-order valence-electron chi connectivity index (χ0n) is 18.0. The molecule has 1 aromatic carbocycles. The van der Waals surface area contributed by atoms with Crippen molar-refractivity contribution in [3.8, 4) is 0 Å². The van der Waals surface area contributed by atoms with Gasteiger partial charge in [-0.05, 0) is 30.9 Å². The first-order chi connectivity index (χ1) is 14.3. The minimum atomic E-state index is -0.250. The summed E-state index contributed by atoms with van der Waals surface area (Å²) < 4.78 is 0. The largest absolute Gasteiger partial charge is 0.483 e. The van der Waals surface area contributed by atoms with E-state index in [2.05, 4.69) is 58.3 Å². The molecule has 8 heteroatoms. The van der Waals surface area contributed by atoms with Crippen LogP contribution >= 0.6 is 11.3 Å². The van der Waals surface area contributed by atoms with Crippen LogP contribution < -0.4 is 0 Å². The van der Waals surface area contributed by atoms with Gasteiger partial charge in [-0.1, -0.05) is 24.3 Å². The Kier molecular flexibility index (Phi) is 7.10. The Morgan fingerprint density at radius 1 is 1.27 bits per heavy atom. The van der Waals surface area contributed by atoms with Crippen molar-refractivity contribution in [1.29, 1.82) is 0 Å². The second-order valence-electron chi connectivity index (χ2n) is 8.21. The third kappa shape index (κ3) is 4.65. The average molecular weight is 431 g/mol. The van der Waals surface area contributed by atoms with E-state index in [1.54, 1.807) is 16.2 Å². The van der Waals surface area contributed by atoms with Gasteiger partial charge < -0.3 is 14.9 Å². The molecule has 0 radical (unpaired) electrons. The van der Waals surface area contributed by atoms with Crippen LogP contribution in [0.25, 0.3) is 0 Å². The van der Waals surface area contributed by atoms with Crippen LogP contribution in [0.1, 0.15) is 27.9 Å². The normalized spacial score (nSPS) is 22.9. The molecule has 3 heterocycles. The Hall–Kier alpha value is -2.45. The van der Waals surface area contributed by atoms with Gasteiger partial charge in [0.1, 0.15) is 0 Å². The number of amides is 2. The summed E-state index contributed by atoms with van der Waals surface area (Å²) in [5.74, 6) is 1.01. The number of hydrogen-bond acceptors (Lipinski definition) is 5. The third-order valence-electron chi connectivity index (χ3n) is 5.93. The fraction of sp³-hybridized carbons (Fsp3) is 0.500. The molecule has 4 rings (SSSR count). The average Bonchev–Trinajstić information content (AvgIpc) is 3.37. The molecule has 2 aromatic rings. The number of aromatic nitrogens is 1. The minimum Gasteiger partial charge on any atom is -0.483 e. The van der Waals surface area contributed by atoms with Gasteiger partial charge in [0.05, 0.1) is 16.7 Å². The van der Waals surface area contributed by atoms with Crippen LogP contribution in [0.3, 0.4) is 0 Å². The Balaban J connectivity index is 0.000000806. The molecular weight excluding hydrogens is 400 g/mol. The number of rotatable bonds is 3. The molecule has 3 atom stereocenters. The van der Waals surface area contributed by atoms with E-state index in [1.165, 1.54) is 16.8 Å². The topological polar surface area (TPSA) is 77.0 Å². The SMILES string of the molecule is Cc1nc(CN2C[C@@H]3CN(C(=O)N(C)C)[C@@H](c4ccccc4C)[C@@H]3C2)cs1.O=CO. The Morgan fingerprint density at radius 3 is 2.57 bits per heavy atom. The first kappa shape index (κ1) is 22.2. The summed E-state index contributed by atoms with van der Waals surface area (Å²) in [4.78, 5) is 32.2. The van der Waals surface area contributed by atoms with Crippen LogP contribution in [0.4, 0.5) is 4.79 Å². The molecule has 2 amide bonds. The maximum Gasteiger partial charge on any atom is 0.320 e. The molecule has 162 valence electrons. The van der Waals surface area contributed by atoms with E-state index in [-0.39, 0.29) is 18.5 Å². The summed E-state index contributed by atoms with van der Waals surface area (Å²) in [7, 11) is 3.70. The van der Waals surface area contributed by atoms with Crippen molar-refractivity contribution in [3.63, 3.8) is 0 Å². The molecule has 1 aromatic heterocycles. The number of hydrogen-bond donors (Lipinski definition) is 1. The van der Waals surface area contributed by atoms with Crippen LogP contribution in [-0.2, 0) is 11.3 Å². The monoisotopic (exact) mass is 430 g/mol. The fourth-order valence-corrected chi connectivity index (χ4v) is 5.35. The van der Waals surface area contributed by atoms with Crippen LogP contribution in [0, 0.1) is 25.7 Å². The molecule has 0 unspecified atom stereocenters. The van der Waals surface area contributed by atoms with Crippen molar-refractivity contribution in [1.82, 2.24) is 19.7 Å². The summed E-state index contributed by atoms with van der Waals surface area (Å²) >= 11 is 1.72. The van der Waals surface area contributed by atoms with Crippen molar-refractivity contribution in [2.24, 2.45) is 11.8 Å². The maximum absolute atomic E-state index is 12.9. The lowest BCUT2D eigenvalue weighted by Gasteiger charge is -2.32. The van der Waals surface area contributed by atoms with Crippen molar-refractivity contribution < 1.29 is 14.7 Å². The highest BCUT2D eigenvalue weighted by atomic mass is 32.1. The number of likely N-dealkylation sites (tertiary alicyclic amines) is 2. The Labute approximate surface area is 181 Å². The molecule has 30 heavy (non-hydrogen) atoms. The predicted octanol–water partition coefficient (Wildman–Crippen LogP) is 3.25. The van der Waals surface area contributed by atoms with E-state index in [0.717, 1.165) is 31.2 Å². The summed E-state index contributed by atoms with van der Waals surface area (Å²) in [6.07, 6.45) is 0. The number of urea groups is 1. The number of nitrogens with zero attached hydrogens (tertiary/aromatic N) is 4. The van der Waals surface area contributed by atoms with Gasteiger partial charge >= 0.3 is 6.03 Å². The Morgan fingerprint density at radius 2 is 1.97 bits per heavy atom. The van der Waals surface area contributed by atoms with Gasteiger partial charge in [0, 0.05) is 51.6 Å². The smallest absolute Gasteiger partial charge is 0.320 e. The minimum absolute atomic E-state index is 0.124. The van der Waals surface area contributed by atoms with E-state index < -0.39 is 0 Å². The second-order valence-corrected chi connectivity index (χ2v) is 9.27. The molecule has 1 N–H and O–H groups in total. The molecule has 0 aliphatic carbocycles. The number of aryl methyl sites for hydroxylation is 2. The zero-order valence-corrected chi connectivity index (χ0v) is 18.8. The first-order valence-electron chi connectivity index (χ1n) is 10.1. The van der Waals surface area contributed by atoms with Gasteiger partial charge in [0.2, 0.25) is 0 Å². The standard InChI is InChI=1S/C21H28N4OS.CH2O2/c1-14-7-5-6-8-18(14)20-19-12-24(11-17-13-27-15(2)22-17)9-16(19)10-25(20)21(26)23(3)4;2-1-3/h5-8,13,16,19-20H,9-12H2,1-4H3;1H,(H,2,3)/t16-,19-,20+;/m1./s1. The molecule has 2 aliphatic rings. The van der Waals surface area contributed by atoms with Gasteiger partial charge in [-0.25, -0.2) is 9.78 Å². The van der Waals surface area contributed by atoms with Crippen LogP contribution in [0.2, 0.25) is 0 Å². The van der Waals surface area contributed by atoms with E-state index in [9.17, 15) is 4.79 Å². The summed E-state index contributed by atoms with van der Waals surface area (Å²) in [6.45, 7) is 7.79. The number of carboxylic acid groups (broad SMARTS) is 1. The van der Waals surface area contributed by atoms with Crippen molar-refractivity contribution in [3.05, 3.63) is 51.5 Å². The fourth-order valence-electron chi connectivity index (χ4n) is 4.75. The molecule has 0 spiro atoms. The lowest BCUT2D eigenvalue weighted by Crippen LogP contribution is -2.41. The van der Waals surface area contributed by atoms with Crippen molar-refractivity contribution in [2.75, 3.05) is 33.7 Å². The van der Waals surface area contributed by atoms with E-state index in [1.807, 2.05) is 14.1 Å². The third-order valence-corrected chi connectivity index (χ3v) is 6.75. The van der Waals surface area contributed by atoms with Gasteiger partial charge in [0.15, 0.2) is 0 Å². The van der Waals surface area contributed by atoms with Crippen molar-refractivity contribution in [2.45, 2.75) is 26.4 Å². The summed E-state index contributed by atoms with van der Waals surface area (Å²) in [5.41, 5.74) is 3.74. The van der Waals surface area contributed by atoms with E-state index >= 15 is 0 Å². The summed E-state index contributed by atoms with van der Waals surface area (Å²) in [5, 5.41) is 10.2. The van der Waals surface area contributed by atoms with Crippen LogP contribution in [-0.4, -0.2) is 71.0 Å². The zero-order chi connectivity index (χ0) is 21.8. The molecule has 2 fully saturated rings. The van der Waals surface area contributed by atoms with Gasteiger partial charge in [-0.15, -0.1) is 11.3 Å². The highest BCUT2D eigenvalue weighted by Crippen LogP contribution is 2.46. The molecule has 7 nitrogen and oxygen atoms in total. The van der Waals surface area contributed by atoms with E-state index in [0.29, 0.717) is 11.8 Å². The van der Waals surface area contributed by atoms with Crippen LogP contribution in [0.5, 0.6) is 0 Å². The maximum atomic E-state index is 12.9. The lowest BCUT2D eigenvalue weighted by atomic mass is 9.88. The quantitative estimate of drug-likeness (QED) is 0.757. The molecule has 0 saturated carbocycles. The second kappa shape index (κ2) is 9.57. The number of carbonyl (C=O) groups is 2. The number of carbonyl (C=O) groups excluding carboxylic acids is 1. The predicted molar refractivity (Wildman–Crippen MR) is 118 cm³/mol. The lowest BCUT2D eigenvalue weighted by molar-refractivity contribution is -0.122. The summed E-state index contributed by atoms with van der Waals surface area (Å²) in [6, 6.07) is 8.82. The van der Waals surface area contributed by atoms with Gasteiger partial charge in [0.25, 0.3) is 6.47 Å². The van der Waals surface area contributed by atoms with E-state index in [4.69, 9.17) is 9.90 Å². The van der Waals surface area contributed by atoms with Gasteiger partial charge in [-0.2, -0.15) is 0 Å². The number of benzene rings is 1. The highest BCUT2D eigenvalue weighted by molar-refractivity contribution is 7.09. The Bertz CT molecular complexity index is 885. The molecule has 2 saturated heterocycles. The highest BCUT2D eigenvalue weighted by Gasteiger charge is 2.49. The van der Waals surface area contributed by atoms with Crippen molar-refractivity contribution >= 4 is 23.8 Å².